The largest absolute Gasteiger partial charge is 0.294 e. The Balaban J connectivity index is 2.76. The molecule has 0 amide bonds. The first-order chi connectivity index (χ1) is 7.45. The van der Waals surface area contributed by atoms with Crippen LogP contribution in [0.5, 0.6) is 0 Å². The topological polar surface area (TPSA) is 40.9 Å². The molecule has 0 radical (unpaired) electrons. The van der Waals surface area contributed by atoms with Gasteiger partial charge in [0.1, 0.15) is 0 Å². The number of nitrogens with zero attached hydrogens (tertiary/aromatic N) is 1. The van der Waals surface area contributed by atoms with Gasteiger partial charge >= 0.3 is 0 Å². The monoisotopic (exact) mass is 215 g/mol. The molecule has 2 heteroatoms. The van der Waals surface area contributed by atoms with Gasteiger partial charge in [-0.05, 0) is 5.41 Å². The summed E-state index contributed by atoms with van der Waals surface area (Å²) in [6, 6.07) is 11.4. The molecule has 0 N–H and O–H groups in total. The molecule has 0 aliphatic rings. The van der Waals surface area contributed by atoms with Crippen molar-refractivity contribution in [2.24, 2.45) is 11.3 Å². The molecule has 0 bridgehead atoms. The Morgan fingerprint density at radius 2 is 1.88 bits per heavy atom. The van der Waals surface area contributed by atoms with E-state index in [0.717, 1.165) is 0 Å². The highest BCUT2D eigenvalue weighted by Gasteiger charge is 2.26. The van der Waals surface area contributed by atoms with Gasteiger partial charge in [0.2, 0.25) is 0 Å². The second-order valence-electron chi connectivity index (χ2n) is 5.04. The van der Waals surface area contributed by atoms with E-state index in [0.29, 0.717) is 12.0 Å². The van der Waals surface area contributed by atoms with Gasteiger partial charge in [-0.25, -0.2) is 0 Å². The van der Waals surface area contributed by atoms with E-state index in [9.17, 15) is 4.79 Å². The number of hydrogen-bond acceptors (Lipinski definition) is 2. The van der Waals surface area contributed by atoms with E-state index in [2.05, 4.69) is 6.07 Å². The molecule has 0 aliphatic heterocycles. The molecular formula is C14H17NO. The maximum atomic E-state index is 11.9. The highest BCUT2D eigenvalue weighted by atomic mass is 16.1. The number of Topliss-reactive ketones (excluding diaryl/α,β-unsaturated/α-hetero) is 1. The Labute approximate surface area is 96.9 Å². The summed E-state index contributed by atoms with van der Waals surface area (Å²) in [4.78, 5) is 11.9. The number of rotatable bonds is 3. The maximum absolute atomic E-state index is 11.9. The predicted octanol–water partition coefficient (Wildman–Crippen LogP) is 3.45. The Morgan fingerprint density at radius 1 is 1.31 bits per heavy atom. The van der Waals surface area contributed by atoms with Crippen LogP contribution in [0.2, 0.25) is 0 Å². The molecule has 0 aromatic heterocycles. The van der Waals surface area contributed by atoms with Gasteiger partial charge in [0.05, 0.1) is 12.0 Å². The molecule has 0 aliphatic carbocycles. The second kappa shape index (κ2) is 4.94. The first-order valence-electron chi connectivity index (χ1n) is 5.43. The highest BCUT2D eigenvalue weighted by Crippen LogP contribution is 2.29. The molecule has 16 heavy (non-hydrogen) atoms. The molecule has 1 rings (SSSR count). The summed E-state index contributed by atoms with van der Waals surface area (Å²) in [7, 11) is 0. The molecule has 0 saturated heterocycles. The minimum absolute atomic E-state index is 0.0436. The van der Waals surface area contributed by atoms with Crippen LogP contribution in [0.1, 0.15) is 37.6 Å². The van der Waals surface area contributed by atoms with Crippen LogP contribution < -0.4 is 0 Å². The lowest BCUT2D eigenvalue weighted by atomic mass is 9.78. The van der Waals surface area contributed by atoms with Crippen molar-refractivity contribution in [2.75, 3.05) is 0 Å². The lowest BCUT2D eigenvalue weighted by molar-refractivity contribution is 0.0943. The Hall–Kier alpha value is -1.62. The van der Waals surface area contributed by atoms with Crippen LogP contribution >= 0.6 is 0 Å². The van der Waals surface area contributed by atoms with Gasteiger partial charge in [0.25, 0.3) is 0 Å². The number of carbonyl (C=O) groups excluding carboxylic acids is 1. The summed E-state index contributed by atoms with van der Waals surface area (Å²) < 4.78 is 0. The fourth-order valence-electron chi connectivity index (χ4n) is 1.47. The summed E-state index contributed by atoms with van der Waals surface area (Å²) in [6.45, 7) is 5.96. The van der Waals surface area contributed by atoms with E-state index >= 15 is 0 Å². The van der Waals surface area contributed by atoms with E-state index in [1.165, 1.54) is 0 Å². The molecule has 0 heterocycles. The predicted molar refractivity (Wildman–Crippen MR) is 63.9 cm³/mol. The van der Waals surface area contributed by atoms with Gasteiger partial charge in [-0.2, -0.15) is 5.26 Å². The summed E-state index contributed by atoms with van der Waals surface area (Å²) in [5.41, 5.74) is 0.533. The highest BCUT2D eigenvalue weighted by molar-refractivity contribution is 5.96. The summed E-state index contributed by atoms with van der Waals surface area (Å²) in [5.74, 6) is -0.192. The van der Waals surface area contributed by atoms with Crippen LogP contribution in [0, 0.1) is 22.7 Å². The Kier molecular flexibility index (Phi) is 3.84. The summed E-state index contributed by atoms with van der Waals surface area (Å²) in [5, 5.41) is 9.06. The smallest absolute Gasteiger partial charge is 0.164 e. The average Bonchev–Trinajstić information content (AvgIpc) is 2.25. The number of nitriles is 1. The van der Waals surface area contributed by atoms with Gasteiger partial charge in [-0.1, -0.05) is 51.1 Å². The number of benzene rings is 1. The molecule has 2 nitrogen and oxygen atoms in total. The maximum Gasteiger partial charge on any atom is 0.164 e. The molecule has 84 valence electrons. The van der Waals surface area contributed by atoms with Crippen LogP contribution in [0.3, 0.4) is 0 Å². The van der Waals surface area contributed by atoms with Crippen LogP contribution in [0.25, 0.3) is 0 Å². The zero-order valence-electron chi connectivity index (χ0n) is 10.0. The van der Waals surface area contributed by atoms with Crippen molar-refractivity contribution in [2.45, 2.75) is 27.2 Å². The second-order valence-corrected chi connectivity index (χ2v) is 5.04. The van der Waals surface area contributed by atoms with E-state index < -0.39 is 0 Å². The first-order valence-corrected chi connectivity index (χ1v) is 5.43. The number of ketones is 1. The SMILES string of the molecule is CC(C)(C)[C@H](C#N)CC(=O)c1ccccc1. The molecule has 1 atom stereocenters. The van der Waals surface area contributed by atoms with Crippen molar-refractivity contribution in [3.8, 4) is 6.07 Å². The van der Waals surface area contributed by atoms with Gasteiger partial charge in [0.15, 0.2) is 5.78 Å². The number of carbonyl (C=O) groups is 1. The zero-order chi connectivity index (χ0) is 12.2. The summed E-state index contributed by atoms with van der Waals surface area (Å²) in [6.07, 6.45) is 0.296. The number of hydrogen-bond donors (Lipinski definition) is 0. The lowest BCUT2D eigenvalue weighted by Crippen LogP contribution is -2.22. The van der Waals surface area contributed by atoms with E-state index in [1.54, 1.807) is 12.1 Å². The van der Waals surface area contributed by atoms with Crippen molar-refractivity contribution >= 4 is 5.78 Å². The van der Waals surface area contributed by atoms with Crippen molar-refractivity contribution in [1.29, 1.82) is 5.26 Å². The van der Waals surface area contributed by atoms with Crippen molar-refractivity contribution in [3.05, 3.63) is 35.9 Å². The molecular weight excluding hydrogens is 198 g/mol. The van der Waals surface area contributed by atoms with E-state index in [1.807, 2.05) is 39.0 Å². The van der Waals surface area contributed by atoms with Gasteiger partial charge in [-0.15, -0.1) is 0 Å². The van der Waals surface area contributed by atoms with Crippen LogP contribution in [0.4, 0.5) is 0 Å². The minimum atomic E-state index is -0.236. The molecule has 1 aromatic carbocycles. The summed E-state index contributed by atoms with van der Waals surface area (Å²) >= 11 is 0. The van der Waals surface area contributed by atoms with Crippen LogP contribution in [-0.4, -0.2) is 5.78 Å². The lowest BCUT2D eigenvalue weighted by Gasteiger charge is -2.23. The Bertz CT molecular complexity index is 395. The quantitative estimate of drug-likeness (QED) is 0.724. The third kappa shape index (κ3) is 3.20. The van der Waals surface area contributed by atoms with Crippen LogP contribution in [-0.2, 0) is 0 Å². The fourth-order valence-corrected chi connectivity index (χ4v) is 1.47. The molecule has 0 saturated carbocycles. The standard InChI is InChI=1S/C14H17NO/c1-14(2,3)12(10-15)9-13(16)11-7-5-4-6-8-11/h4-8,12H,9H2,1-3H3/t12-/m0/s1. The first kappa shape index (κ1) is 12.4. The molecule has 1 aromatic rings. The van der Waals surface area contributed by atoms with Crippen molar-refractivity contribution in [1.82, 2.24) is 0 Å². The van der Waals surface area contributed by atoms with Crippen molar-refractivity contribution < 1.29 is 4.79 Å². The van der Waals surface area contributed by atoms with E-state index in [4.69, 9.17) is 5.26 Å². The average molecular weight is 215 g/mol. The minimum Gasteiger partial charge on any atom is -0.294 e. The fraction of sp³-hybridized carbons (Fsp3) is 0.429. The molecule has 0 fully saturated rings. The van der Waals surface area contributed by atoms with Gasteiger partial charge in [0, 0.05) is 12.0 Å². The van der Waals surface area contributed by atoms with E-state index in [-0.39, 0.29) is 17.1 Å². The van der Waals surface area contributed by atoms with Gasteiger partial charge in [-0.3, -0.25) is 4.79 Å². The van der Waals surface area contributed by atoms with Crippen LogP contribution in [0.15, 0.2) is 30.3 Å². The normalized spacial score (nSPS) is 12.9. The van der Waals surface area contributed by atoms with Crippen molar-refractivity contribution in [3.63, 3.8) is 0 Å². The zero-order valence-corrected chi connectivity index (χ0v) is 10.0. The Morgan fingerprint density at radius 3 is 2.31 bits per heavy atom. The third-order valence-electron chi connectivity index (χ3n) is 2.69. The molecule has 0 unspecified atom stereocenters. The molecule has 0 spiro atoms. The van der Waals surface area contributed by atoms with Gasteiger partial charge < -0.3 is 0 Å². The third-order valence-corrected chi connectivity index (χ3v) is 2.69.